The van der Waals surface area contributed by atoms with Crippen molar-refractivity contribution in [3.05, 3.63) is 35.6 Å². The fourth-order valence-corrected chi connectivity index (χ4v) is 2.45. The lowest BCUT2D eigenvalue weighted by Crippen LogP contribution is -2.27. The normalized spacial score (nSPS) is 10.8. The van der Waals surface area contributed by atoms with Crippen LogP contribution in [0.2, 0.25) is 0 Å². The van der Waals surface area contributed by atoms with E-state index in [1.807, 2.05) is 11.9 Å². The van der Waals surface area contributed by atoms with Crippen molar-refractivity contribution in [2.45, 2.75) is 0 Å². The first-order chi connectivity index (χ1) is 12.8. The molecular weight excluding hydrogens is 357 g/mol. The van der Waals surface area contributed by atoms with E-state index in [1.54, 1.807) is 0 Å². The molecule has 0 radical (unpaired) electrons. The number of likely N-dealkylation sites (N-methyl/N-ethyl adjacent to an activating group) is 1. The minimum Gasteiger partial charge on any atom is -0.492 e. The third-order valence-electron chi connectivity index (χ3n) is 3.78. The van der Waals surface area contributed by atoms with Crippen LogP contribution in [0.25, 0.3) is 11.3 Å². The van der Waals surface area contributed by atoms with Gasteiger partial charge in [-0.1, -0.05) is 0 Å². The first-order valence-corrected chi connectivity index (χ1v) is 8.13. The zero-order chi connectivity index (χ0) is 20.0. The third-order valence-corrected chi connectivity index (χ3v) is 3.78. The summed E-state index contributed by atoms with van der Waals surface area (Å²) in [6, 6.07) is 4.44. The summed E-state index contributed by atoms with van der Waals surface area (Å²) >= 11 is 0. The van der Waals surface area contributed by atoms with Crippen molar-refractivity contribution in [2.24, 2.45) is 11.5 Å². The van der Waals surface area contributed by atoms with Crippen molar-refractivity contribution < 1.29 is 23.8 Å². The number of rotatable bonds is 9. The summed E-state index contributed by atoms with van der Waals surface area (Å²) in [5.41, 5.74) is 11.1. The molecule has 0 saturated carbocycles. The number of amides is 3. The Morgan fingerprint density at radius 3 is 2.67 bits per heavy atom. The number of carbonyl (C=O) groups is 2. The van der Waals surface area contributed by atoms with Crippen molar-refractivity contribution in [1.82, 2.24) is 9.88 Å². The minimum absolute atomic E-state index is 0.00157. The van der Waals surface area contributed by atoms with Gasteiger partial charge >= 0.3 is 6.03 Å². The highest BCUT2D eigenvalue weighted by atomic mass is 19.1. The van der Waals surface area contributed by atoms with Gasteiger partial charge in [-0.25, -0.2) is 9.18 Å². The number of hydrogen-bond acceptors (Lipinski definition) is 5. The molecule has 146 valence electrons. The summed E-state index contributed by atoms with van der Waals surface area (Å²) in [6.45, 7) is 1.38. The van der Waals surface area contributed by atoms with Crippen LogP contribution in [0, 0.1) is 5.82 Å². The standard InChI is InChI=1S/C17H22FN5O4/c1-23(4-6-24)5-7-27-14-3-2-10(18)8-11(14)13-9-12(15(19)25)16(21-13)22-17(20)26/h2-3,8-9,21,24H,4-7H2,1H3,(H2,19,25)(H3,20,22,26). The zero-order valence-electron chi connectivity index (χ0n) is 14.8. The number of H-pyrrole nitrogens is 1. The van der Waals surface area contributed by atoms with E-state index in [0.29, 0.717) is 36.7 Å². The van der Waals surface area contributed by atoms with Crippen LogP contribution in [-0.2, 0) is 0 Å². The quantitative estimate of drug-likeness (QED) is 0.435. The monoisotopic (exact) mass is 379 g/mol. The van der Waals surface area contributed by atoms with Gasteiger partial charge in [0, 0.05) is 18.7 Å². The van der Waals surface area contributed by atoms with Crippen LogP contribution in [-0.4, -0.2) is 60.3 Å². The number of anilines is 1. The molecule has 2 rings (SSSR count). The molecule has 0 atom stereocenters. The number of aromatic nitrogens is 1. The maximum atomic E-state index is 13.8. The van der Waals surface area contributed by atoms with Crippen molar-refractivity contribution in [3.63, 3.8) is 0 Å². The second-order valence-corrected chi connectivity index (χ2v) is 5.84. The zero-order valence-corrected chi connectivity index (χ0v) is 14.8. The molecule has 9 nitrogen and oxygen atoms in total. The van der Waals surface area contributed by atoms with Crippen LogP contribution in [0.1, 0.15) is 10.4 Å². The van der Waals surface area contributed by atoms with E-state index >= 15 is 0 Å². The summed E-state index contributed by atoms with van der Waals surface area (Å²) in [5, 5.41) is 11.2. The second kappa shape index (κ2) is 9.01. The van der Waals surface area contributed by atoms with Crippen molar-refractivity contribution in [1.29, 1.82) is 0 Å². The smallest absolute Gasteiger partial charge is 0.317 e. The van der Waals surface area contributed by atoms with Gasteiger partial charge in [0.2, 0.25) is 0 Å². The fraction of sp³-hybridized carbons (Fsp3) is 0.294. The molecule has 0 aliphatic heterocycles. The third kappa shape index (κ3) is 5.43. The highest BCUT2D eigenvalue weighted by molar-refractivity contribution is 6.03. The summed E-state index contributed by atoms with van der Waals surface area (Å²) in [4.78, 5) is 27.4. The molecule has 0 unspecified atom stereocenters. The van der Waals surface area contributed by atoms with E-state index in [-0.39, 0.29) is 18.0 Å². The van der Waals surface area contributed by atoms with Crippen LogP contribution in [0.5, 0.6) is 5.75 Å². The van der Waals surface area contributed by atoms with E-state index < -0.39 is 17.8 Å². The highest BCUT2D eigenvalue weighted by Gasteiger charge is 2.18. The molecule has 0 spiro atoms. The molecule has 27 heavy (non-hydrogen) atoms. The Morgan fingerprint density at radius 2 is 2.04 bits per heavy atom. The number of benzene rings is 1. The van der Waals surface area contributed by atoms with E-state index in [2.05, 4.69) is 10.3 Å². The van der Waals surface area contributed by atoms with Crippen LogP contribution in [0.3, 0.4) is 0 Å². The first-order valence-electron chi connectivity index (χ1n) is 8.13. The molecule has 0 aliphatic rings. The number of carbonyl (C=O) groups excluding carboxylic acids is 2. The Morgan fingerprint density at radius 1 is 1.30 bits per heavy atom. The number of ether oxygens (including phenoxy) is 1. The van der Waals surface area contributed by atoms with Gasteiger partial charge in [0.1, 0.15) is 24.0 Å². The predicted molar refractivity (Wildman–Crippen MR) is 98.0 cm³/mol. The van der Waals surface area contributed by atoms with Gasteiger partial charge in [0.25, 0.3) is 5.91 Å². The minimum atomic E-state index is -0.881. The molecule has 10 heteroatoms. The average Bonchev–Trinajstić information content (AvgIpc) is 2.99. The molecular formula is C17H22FN5O4. The predicted octanol–water partition coefficient (Wildman–Crippen LogP) is 0.713. The Kier molecular flexibility index (Phi) is 6.74. The lowest BCUT2D eigenvalue weighted by molar-refractivity contribution is 0.100. The van der Waals surface area contributed by atoms with Crippen LogP contribution < -0.4 is 21.5 Å². The van der Waals surface area contributed by atoms with Gasteiger partial charge in [-0.15, -0.1) is 0 Å². The van der Waals surface area contributed by atoms with Gasteiger partial charge < -0.3 is 31.2 Å². The number of aliphatic hydroxyl groups is 1. The van der Waals surface area contributed by atoms with Crippen molar-refractivity contribution in [2.75, 3.05) is 38.7 Å². The molecule has 0 bridgehead atoms. The van der Waals surface area contributed by atoms with Crippen molar-refractivity contribution in [3.8, 4) is 17.0 Å². The van der Waals surface area contributed by atoms with Crippen molar-refractivity contribution >= 4 is 17.8 Å². The molecule has 1 aromatic heterocycles. The van der Waals surface area contributed by atoms with E-state index in [9.17, 15) is 14.0 Å². The molecule has 0 fully saturated rings. The van der Waals surface area contributed by atoms with Crippen LogP contribution >= 0.6 is 0 Å². The molecule has 2 aromatic rings. The van der Waals surface area contributed by atoms with Gasteiger partial charge in [0.15, 0.2) is 0 Å². The lowest BCUT2D eigenvalue weighted by Gasteiger charge is -2.16. The van der Waals surface area contributed by atoms with Gasteiger partial charge in [-0.05, 0) is 31.3 Å². The van der Waals surface area contributed by atoms with Gasteiger partial charge in [-0.2, -0.15) is 0 Å². The number of halogens is 1. The van der Waals surface area contributed by atoms with Gasteiger partial charge in [-0.3, -0.25) is 10.1 Å². The van der Waals surface area contributed by atoms with E-state index in [0.717, 1.165) is 0 Å². The second-order valence-electron chi connectivity index (χ2n) is 5.84. The number of nitrogens with two attached hydrogens (primary N) is 2. The molecule has 0 saturated heterocycles. The highest BCUT2D eigenvalue weighted by Crippen LogP contribution is 2.33. The Labute approximate surface area is 155 Å². The Bertz CT molecular complexity index is 824. The lowest BCUT2D eigenvalue weighted by atomic mass is 10.1. The van der Waals surface area contributed by atoms with E-state index in [4.69, 9.17) is 21.3 Å². The molecule has 3 amide bonds. The number of nitrogens with one attached hydrogen (secondary N) is 2. The average molecular weight is 379 g/mol. The summed E-state index contributed by atoms with van der Waals surface area (Å²) < 4.78 is 19.5. The summed E-state index contributed by atoms with van der Waals surface area (Å²) in [7, 11) is 1.83. The molecule has 1 aromatic carbocycles. The Hall–Kier alpha value is -3.11. The maximum Gasteiger partial charge on any atom is 0.317 e. The topological polar surface area (TPSA) is 147 Å². The molecule has 7 N–H and O–H groups in total. The SMILES string of the molecule is CN(CCO)CCOc1ccc(F)cc1-c1cc(C(N)=O)c(NC(N)=O)[nH]1. The largest absolute Gasteiger partial charge is 0.492 e. The number of aromatic amines is 1. The summed E-state index contributed by atoms with van der Waals surface area (Å²) in [5.74, 6) is -0.903. The number of primary amides is 2. The Balaban J connectivity index is 2.30. The van der Waals surface area contributed by atoms with Gasteiger partial charge in [0.05, 0.1) is 17.9 Å². The van der Waals surface area contributed by atoms with Crippen LogP contribution in [0.15, 0.2) is 24.3 Å². The maximum absolute atomic E-state index is 13.8. The number of hydrogen-bond donors (Lipinski definition) is 5. The first kappa shape index (κ1) is 20.2. The van der Waals surface area contributed by atoms with E-state index in [1.165, 1.54) is 24.3 Å². The number of aliphatic hydroxyl groups excluding tert-OH is 1. The van der Waals surface area contributed by atoms with Crippen LogP contribution in [0.4, 0.5) is 15.0 Å². The number of urea groups is 1. The fourth-order valence-electron chi connectivity index (χ4n) is 2.45. The molecule has 0 aliphatic carbocycles. The number of nitrogens with zero attached hydrogens (tertiary/aromatic N) is 1. The summed E-state index contributed by atoms with van der Waals surface area (Å²) in [6.07, 6.45) is 0. The molecule has 1 heterocycles.